The minimum Gasteiger partial charge on any atom is -0.380 e. The van der Waals surface area contributed by atoms with Crippen LogP contribution in [0.4, 0.5) is 0 Å². The third kappa shape index (κ3) is 5.07. The molecule has 0 aromatic heterocycles. The molecule has 0 aliphatic rings. The first-order valence-corrected chi connectivity index (χ1v) is 2.76. The van der Waals surface area contributed by atoms with Crippen LogP contribution in [0.25, 0.3) is 4.95 Å². The Morgan fingerprint density at radius 2 is 2.44 bits per heavy atom. The summed E-state index contributed by atoms with van der Waals surface area (Å²) in [5, 5.41) is 9.18. The molecule has 0 aliphatic carbocycles. The molecule has 0 unspecified atom stereocenters. The predicted octanol–water partition coefficient (Wildman–Crippen LogP) is 0.592. The lowest BCUT2D eigenvalue weighted by Gasteiger charge is -1.97. The Hall–Kier alpha value is -0.790. The fourth-order valence-electron chi connectivity index (χ4n) is 0.348. The first-order chi connectivity index (χ1) is 4.31. The van der Waals surface area contributed by atoms with Crippen molar-refractivity contribution in [2.24, 2.45) is 0 Å². The van der Waals surface area contributed by atoms with Crippen LogP contribution in [0.15, 0.2) is 0 Å². The van der Waals surface area contributed by atoms with Gasteiger partial charge in [0.2, 0.25) is 0 Å². The second-order valence-electron chi connectivity index (χ2n) is 1.41. The average Bonchev–Trinajstić information content (AvgIpc) is 1.89. The molecule has 0 radical (unpaired) electrons. The lowest BCUT2D eigenvalue weighted by atomic mass is 10.7. The summed E-state index contributed by atoms with van der Waals surface area (Å²) in [4.78, 5) is 2.97. The van der Waals surface area contributed by atoms with Crippen LogP contribution in [-0.2, 0) is 4.74 Å². The SMILES string of the molecule is C#[N+]N(O)CCOCC. The number of hydrogen-bond donors (Lipinski definition) is 1. The van der Waals surface area contributed by atoms with Gasteiger partial charge in [0.25, 0.3) is 0 Å². The Balaban J connectivity index is 2.99. The summed E-state index contributed by atoms with van der Waals surface area (Å²) >= 11 is 0. The molecular weight excluding hydrogens is 120 g/mol. The van der Waals surface area contributed by atoms with Gasteiger partial charge in [-0.25, -0.2) is 5.21 Å². The van der Waals surface area contributed by atoms with Crippen LogP contribution in [0.2, 0.25) is 0 Å². The van der Waals surface area contributed by atoms with Crippen molar-refractivity contribution in [2.75, 3.05) is 19.8 Å². The normalized spacial score (nSPS) is 8.56. The average molecular weight is 131 g/mol. The number of hydroxylamine groups is 1. The summed E-state index contributed by atoms with van der Waals surface area (Å²) < 4.78 is 4.89. The Kier molecular flexibility index (Phi) is 4.88. The molecule has 4 heteroatoms. The van der Waals surface area contributed by atoms with Gasteiger partial charge in [0.05, 0.1) is 11.8 Å². The molecule has 0 amide bonds. The highest BCUT2D eigenvalue weighted by molar-refractivity contribution is 4.54. The van der Waals surface area contributed by atoms with Gasteiger partial charge in [0, 0.05) is 6.61 Å². The molecule has 4 nitrogen and oxygen atoms in total. The van der Waals surface area contributed by atoms with Crippen molar-refractivity contribution in [2.45, 2.75) is 6.92 Å². The van der Waals surface area contributed by atoms with Crippen molar-refractivity contribution < 1.29 is 9.94 Å². The van der Waals surface area contributed by atoms with E-state index >= 15 is 0 Å². The van der Waals surface area contributed by atoms with Gasteiger partial charge in [-0.3, -0.25) is 0 Å². The van der Waals surface area contributed by atoms with E-state index in [0.717, 1.165) is 0 Å². The number of nitrogens with zero attached hydrogens (tertiary/aromatic N) is 2. The quantitative estimate of drug-likeness (QED) is 0.448. The largest absolute Gasteiger partial charge is 0.380 e. The van der Waals surface area contributed by atoms with Gasteiger partial charge in [-0.05, 0) is 6.92 Å². The molecule has 0 saturated heterocycles. The van der Waals surface area contributed by atoms with Crippen LogP contribution in [0.1, 0.15) is 6.92 Å². The van der Waals surface area contributed by atoms with Gasteiger partial charge < -0.3 is 4.74 Å². The Morgan fingerprint density at radius 1 is 1.78 bits per heavy atom. The summed E-state index contributed by atoms with van der Waals surface area (Å²) in [7, 11) is 0. The van der Waals surface area contributed by atoms with E-state index in [1.165, 1.54) is 0 Å². The Morgan fingerprint density at radius 3 is 2.89 bits per heavy atom. The standard InChI is InChI=1S/C5H11N2O2/c1-3-9-5-4-7(8)6-2/h2,8H,3-5H2,1H3/q+1. The summed E-state index contributed by atoms with van der Waals surface area (Å²) in [5.41, 5.74) is 0. The lowest BCUT2D eigenvalue weighted by Crippen LogP contribution is -2.16. The smallest absolute Gasteiger partial charge is 0.307 e. The number of rotatable bonds is 4. The van der Waals surface area contributed by atoms with Gasteiger partial charge >= 0.3 is 6.57 Å². The van der Waals surface area contributed by atoms with E-state index in [4.69, 9.17) is 16.5 Å². The zero-order valence-corrected chi connectivity index (χ0v) is 5.45. The molecular formula is C5H11N2O2+. The van der Waals surface area contributed by atoms with Gasteiger partial charge in [0.1, 0.15) is 11.5 Å². The van der Waals surface area contributed by atoms with Crippen molar-refractivity contribution >= 4 is 0 Å². The predicted molar refractivity (Wildman–Crippen MR) is 33.3 cm³/mol. The van der Waals surface area contributed by atoms with Crippen LogP contribution in [0.5, 0.6) is 0 Å². The third-order valence-corrected chi connectivity index (χ3v) is 0.773. The highest BCUT2D eigenvalue weighted by Gasteiger charge is 2.01. The molecule has 0 rings (SSSR count). The van der Waals surface area contributed by atoms with Crippen LogP contribution in [0.3, 0.4) is 0 Å². The molecule has 52 valence electrons. The molecule has 0 aliphatic heterocycles. The van der Waals surface area contributed by atoms with Crippen molar-refractivity contribution in [1.82, 2.24) is 5.17 Å². The van der Waals surface area contributed by atoms with Crippen LogP contribution < -0.4 is 0 Å². The van der Waals surface area contributed by atoms with E-state index in [1.807, 2.05) is 6.92 Å². The van der Waals surface area contributed by atoms with Gasteiger partial charge in [-0.15, -0.1) is 0 Å². The molecule has 0 heterocycles. The van der Waals surface area contributed by atoms with E-state index in [0.29, 0.717) is 24.9 Å². The van der Waals surface area contributed by atoms with Crippen LogP contribution in [0, 0.1) is 6.57 Å². The summed E-state index contributed by atoms with van der Waals surface area (Å²) in [6.07, 6.45) is 0. The van der Waals surface area contributed by atoms with Gasteiger partial charge in [0.15, 0.2) is 0 Å². The maximum Gasteiger partial charge on any atom is 0.307 e. The minimum atomic E-state index is 0.310. The van der Waals surface area contributed by atoms with Gasteiger partial charge in [-0.1, -0.05) is 0 Å². The molecule has 0 aromatic carbocycles. The molecule has 0 fully saturated rings. The van der Waals surface area contributed by atoms with E-state index in [2.05, 4.69) is 4.95 Å². The van der Waals surface area contributed by atoms with E-state index in [9.17, 15) is 0 Å². The topological polar surface area (TPSA) is 37.1 Å². The van der Waals surface area contributed by atoms with E-state index in [-0.39, 0.29) is 0 Å². The van der Waals surface area contributed by atoms with Crippen molar-refractivity contribution in [3.8, 4) is 6.57 Å². The summed E-state index contributed by atoms with van der Waals surface area (Å²) in [6.45, 7) is 7.96. The first-order valence-electron chi connectivity index (χ1n) is 2.76. The van der Waals surface area contributed by atoms with Crippen LogP contribution >= 0.6 is 0 Å². The zero-order chi connectivity index (χ0) is 7.11. The fourth-order valence-corrected chi connectivity index (χ4v) is 0.348. The molecule has 0 aromatic rings. The second-order valence-corrected chi connectivity index (χ2v) is 1.41. The highest BCUT2D eigenvalue weighted by atomic mass is 16.5. The monoisotopic (exact) mass is 131 g/mol. The van der Waals surface area contributed by atoms with Gasteiger partial charge in [-0.2, -0.15) is 0 Å². The Labute approximate surface area is 54.4 Å². The number of ether oxygens (including phenoxy) is 1. The van der Waals surface area contributed by atoms with E-state index in [1.54, 1.807) is 0 Å². The van der Waals surface area contributed by atoms with Crippen molar-refractivity contribution in [1.29, 1.82) is 0 Å². The molecule has 1 N–H and O–H groups in total. The maximum absolute atomic E-state index is 8.55. The maximum atomic E-state index is 8.55. The number of hydrogen-bond acceptors (Lipinski definition) is 3. The summed E-state index contributed by atoms with van der Waals surface area (Å²) in [5.74, 6) is 0. The fraction of sp³-hybridized carbons (Fsp3) is 0.800. The lowest BCUT2D eigenvalue weighted by molar-refractivity contribution is -0.0604. The molecule has 0 atom stereocenters. The van der Waals surface area contributed by atoms with Crippen molar-refractivity contribution in [3.05, 3.63) is 4.95 Å². The first kappa shape index (κ1) is 8.21. The highest BCUT2D eigenvalue weighted by Crippen LogP contribution is 1.81. The second kappa shape index (κ2) is 5.35. The van der Waals surface area contributed by atoms with Crippen molar-refractivity contribution in [3.63, 3.8) is 0 Å². The van der Waals surface area contributed by atoms with E-state index < -0.39 is 0 Å². The molecule has 9 heavy (non-hydrogen) atoms. The molecule has 0 saturated carbocycles. The summed E-state index contributed by atoms with van der Waals surface area (Å²) in [6, 6.07) is 0. The molecule has 0 spiro atoms. The zero-order valence-electron chi connectivity index (χ0n) is 5.45. The Bertz CT molecular complexity index is 99.6. The molecule has 0 bridgehead atoms. The minimum absolute atomic E-state index is 0.310. The van der Waals surface area contributed by atoms with Crippen LogP contribution in [-0.4, -0.2) is 30.1 Å². The third-order valence-electron chi connectivity index (χ3n) is 0.773.